The number of nitro groups is 1. The molecule has 0 N–H and O–H groups in total. The van der Waals surface area contributed by atoms with Crippen molar-refractivity contribution in [2.45, 2.75) is 5.88 Å². The number of rotatable bonds is 4. The third-order valence-electron chi connectivity index (χ3n) is 1.95. The van der Waals surface area contributed by atoms with E-state index in [9.17, 15) is 10.1 Å². The zero-order valence-electron chi connectivity index (χ0n) is 8.32. The fourth-order valence-electron chi connectivity index (χ4n) is 1.29. The van der Waals surface area contributed by atoms with Crippen LogP contribution in [0.15, 0.2) is 12.1 Å². The molecule has 1 aromatic carbocycles. The summed E-state index contributed by atoms with van der Waals surface area (Å²) in [6, 6.07) is 2.83. The van der Waals surface area contributed by atoms with Gasteiger partial charge in [-0.25, -0.2) is 0 Å². The highest BCUT2D eigenvalue weighted by atomic mass is 35.5. The number of methoxy groups -OCH3 is 2. The van der Waals surface area contributed by atoms with E-state index in [0.29, 0.717) is 11.3 Å². The van der Waals surface area contributed by atoms with E-state index in [1.807, 2.05) is 0 Å². The molecule has 0 heterocycles. The van der Waals surface area contributed by atoms with Crippen molar-refractivity contribution in [2.75, 3.05) is 14.2 Å². The Labute approximate surface area is 91.7 Å². The minimum absolute atomic E-state index is 0.0913. The number of nitrogens with zero attached hydrogens (tertiary/aromatic N) is 1. The van der Waals surface area contributed by atoms with E-state index in [-0.39, 0.29) is 17.3 Å². The van der Waals surface area contributed by atoms with Crippen LogP contribution in [0.25, 0.3) is 0 Å². The minimum atomic E-state index is -0.520. The quantitative estimate of drug-likeness (QED) is 0.453. The predicted octanol–water partition coefficient (Wildman–Crippen LogP) is 2.35. The van der Waals surface area contributed by atoms with Crippen LogP contribution in [0.4, 0.5) is 5.69 Å². The summed E-state index contributed by atoms with van der Waals surface area (Å²) in [5.41, 5.74) is 0.366. The Hall–Kier alpha value is -1.49. The summed E-state index contributed by atoms with van der Waals surface area (Å²) >= 11 is 5.69. The first kappa shape index (κ1) is 11.6. The maximum absolute atomic E-state index is 10.7. The number of benzene rings is 1. The van der Waals surface area contributed by atoms with Gasteiger partial charge in [0, 0.05) is 6.07 Å². The second-order valence-corrected chi connectivity index (χ2v) is 2.96. The smallest absolute Gasteiger partial charge is 0.311 e. The van der Waals surface area contributed by atoms with Crippen molar-refractivity contribution in [2.24, 2.45) is 0 Å². The van der Waals surface area contributed by atoms with Crippen LogP contribution in [0.5, 0.6) is 11.5 Å². The highest BCUT2D eigenvalue weighted by Crippen LogP contribution is 2.37. The molecule has 0 amide bonds. The summed E-state index contributed by atoms with van der Waals surface area (Å²) in [7, 11) is 2.83. The first-order chi connectivity index (χ1) is 7.15. The van der Waals surface area contributed by atoms with Crippen molar-refractivity contribution in [3.63, 3.8) is 0 Å². The van der Waals surface area contributed by atoms with Crippen molar-refractivity contribution in [1.29, 1.82) is 0 Å². The molecule has 1 rings (SSSR count). The molecule has 0 unspecified atom stereocenters. The van der Waals surface area contributed by atoms with Crippen molar-refractivity contribution >= 4 is 17.3 Å². The first-order valence-electron chi connectivity index (χ1n) is 4.09. The fourth-order valence-corrected chi connectivity index (χ4v) is 1.54. The Bertz CT molecular complexity index is 381. The molecule has 0 aliphatic carbocycles. The Balaban J connectivity index is 3.40. The molecule has 0 aliphatic rings. The molecule has 15 heavy (non-hydrogen) atoms. The first-order valence-corrected chi connectivity index (χ1v) is 4.63. The van der Waals surface area contributed by atoms with Crippen LogP contribution in [0.1, 0.15) is 5.56 Å². The highest BCUT2D eigenvalue weighted by Gasteiger charge is 2.21. The van der Waals surface area contributed by atoms with Gasteiger partial charge in [0.15, 0.2) is 0 Å². The van der Waals surface area contributed by atoms with E-state index in [0.717, 1.165) is 0 Å². The second-order valence-electron chi connectivity index (χ2n) is 2.69. The van der Waals surface area contributed by atoms with Gasteiger partial charge in [-0.05, 0) is 6.07 Å². The van der Waals surface area contributed by atoms with E-state index < -0.39 is 4.92 Å². The van der Waals surface area contributed by atoms with Crippen LogP contribution in [-0.2, 0) is 5.88 Å². The SMILES string of the molecule is COc1ccc([N+](=O)[O-])c(OC)c1CCl. The lowest BCUT2D eigenvalue weighted by atomic mass is 10.1. The van der Waals surface area contributed by atoms with E-state index >= 15 is 0 Å². The molecule has 0 spiro atoms. The summed E-state index contributed by atoms with van der Waals surface area (Å²) in [5, 5.41) is 10.7. The molecule has 5 nitrogen and oxygen atoms in total. The molecule has 0 atom stereocenters. The summed E-state index contributed by atoms with van der Waals surface area (Å²) in [5.74, 6) is 0.718. The van der Waals surface area contributed by atoms with Crippen molar-refractivity contribution in [3.05, 3.63) is 27.8 Å². The largest absolute Gasteiger partial charge is 0.496 e. The Morgan fingerprint density at radius 2 is 2.07 bits per heavy atom. The topological polar surface area (TPSA) is 61.6 Å². The van der Waals surface area contributed by atoms with Crippen LogP contribution in [-0.4, -0.2) is 19.1 Å². The van der Waals surface area contributed by atoms with E-state index in [1.54, 1.807) is 0 Å². The Morgan fingerprint density at radius 1 is 1.40 bits per heavy atom. The molecule has 0 saturated heterocycles. The van der Waals surface area contributed by atoms with Gasteiger partial charge < -0.3 is 9.47 Å². The summed E-state index contributed by atoms with van der Waals surface area (Å²) < 4.78 is 9.99. The zero-order valence-corrected chi connectivity index (χ0v) is 9.08. The number of hydrogen-bond donors (Lipinski definition) is 0. The minimum Gasteiger partial charge on any atom is -0.496 e. The van der Waals surface area contributed by atoms with Crippen molar-refractivity contribution < 1.29 is 14.4 Å². The molecular formula is C9H10ClNO4. The Kier molecular flexibility index (Phi) is 3.74. The van der Waals surface area contributed by atoms with Gasteiger partial charge in [0.2, 0.25) is 5.75 Å². The maximum atomic E-state index is 10.7. The molecule has 0 saturated carbocycles. The van der Waals surface area contributed by atoms with Gasteiger partial charge in [0.05, 0.1) is 30.6 Å². The van der Waals surface area contributed by atoms with E-state index in [2.05, 4.69) is 0 Å². The van der Waals surface area contributed by atoms with Gasteiger partial charge in [0.1, 0.15) is 5.75 Å². The highest BCUT2D eigenvalue weighted by molar-refractivity contribution is 6.17. The lowest BCUT2D eigenvalue weighted by Crippen LogP contribution is -1.99. The molecule has 0 bridgehead atoms. The van der Waals surface area contributed by atoms with Gasteiger partial charge in [-0.15, -0.1) is 11.6 Å². The van der Waals surface area contributed by atoms with E-state index in [1.165, 1.54) is 26.4 Å². The predicted molar refractivity (Wildman–Crippen MR) is 55.8 cm³/mol. The number of alkyl halides is 1. The van der Waals surface area contributed by atoms with Crippen LogP contribution in [0, 0.1) is 10.1 Å². The average Bonchev–Trinajstić information content (AvgIpc) is 2.26. The van der Waals surface area contributed by atoms with Gasteiger partial charge in [-0.3, -0.25) is 10.1 Å². The number of halogens is 1. The lowest BCUT2D eigenvalue weighted by molar-refractivity contribution is -0.385. The molecule has 82 valence electrons. The van der Waals surface area contributed by atoms with Crippen LogP contribution < -0.4 is 9.47 Å². The third kappa shape index (κ3) is 2.12. The molecule has 6 heteroatoms. The molecule has 0 aliphatic heterocycles. The fraction of sp³-hybridized carbons (Fsp3) is 0.333. The van der Waals surface area contributed by atoms with Gasteiger partial charge in [-0.2, -0.15) is 0 Å². The normalized spacial score (nSPS) is 9.80. The van der Waals surface area contributed by atoms with Crippen LogP contribution in [0.3, 0.4) is 0 Å². The zero-order chi connectivity index (χ0) is 11.4. The van der Waals surface area contributed by atoms with Crippen LogP contribution >= 0.6 is 11.6 Å². The van der Waals surface area contributed by atoms with Gasteiger partial charge >= 0.3 is 5.69 Å². The molecule has 1 aromatic rings. The monoisotopic (exact) mass is 231 g/mol. The van der Waals surface area contributed by atoms with Gasteiger partial charge in [0.25, 0.3) is 0 Å². The standard InChI is InChI=1S/C9H10ClNO4/c1-14-8-4-3-7(11(12)13)9(15-2)6(8)5-10/h3-4H,5H2,1-2H3. The summed E-state index contributed by atoms with van der Waals surface area (Å²) in [4.78, 5) is 10.2. The number of hydrogen-bond acceptors (Lipinski definition) is 4. The molecule has 0 aromatic heterocycles. The molecule has 0 fully saturated rings. The lowest BCUT2D eigenvalue weighted by Gasteiger charge is -2.10. The Morgan fingerprint density at radius 3 is 2.47 bits per heavy atom. The summed E-state index contributed by atoms with van der Waals surface area (Å²) in [6.07, 6.45) is 0. The van der Waals surface area contributed by atoms with Gasteiger partial charge in [-0.1, -0.05) is 0 Å². The second kappa shape index (κ2) is 4.84. The average molecular weight is 232 g/mol. The molecular weight excluding hydrogens is 222 g/mol. The van der Waals surface area contributed by atoms with Crippen LogP contribution in [0.2, 0.25) is 0 Å². The number of nitro benzene ring substituents is 1. The van der Waals surface area contributed by atoms with E-state index in [4.69, 9.17) is 21.1 Å². The van der Waals surface area contributed by atoms with Crippen molar-refractivity contribution in [1.82, 2.24) is 0 Å². The third-order valence-corrected chi connectivity index (χ3v) is 2.22. The maximum Gasteiger partial charge on any atom is 0.311 e. The van der Waals surface area contributed by atoms with Crippen molar-refractivity contribution in [3.8, 4) is 11.5 Å². The molecule has 0 radical (unpaired) electrons. The number of ether oxygens (including phenoxy) is 2. The summed E-state index contributed by atoms with van der Waals surface area (Å²) in [6.45, 7) is 0.